The molecule has 3 aromatic rings. The molecule has 0 aliphatic carbocycles. The maximum Gasteiger partial charge on any atom is 0.242 e. The number of fused-ring (bicyclic) bond motifs is 1. The van der Waals surface area contributed by atoms with E-state index in [1.165, 1.54) is 6.07 Å². The molecule has 3 rings (SSSR count). The Hall–Kier alpha value is -2.11. The van der Waals surface area contributed by atoms with E-state index in [2.05, 4.69) is 10.3 Å². The number of nitrogens with zero attached hydrogens (tertiary/aromatic N) is 2. The van der Waals surface area contributed by atoms with E-state index in [0.29, 0.717) is 44.9 Å². The van der Waals surface area contributed by atoms with Crippen molar-refractivity contribution in [1.82, 2.24) is 14.9 Å². The van der Waals surface area contributed by atoms with Crippen molar-refractivity contribution in [2.75, 3.05) is 6.54 Å². The predicted molar refractivity (Wildman–Crippen MR) is 112 cm³/mol. The van der Waals surface area contributed by atoms with Gasteiger partial charge in [0.15, 0.2) is 0 Å². The van der Waals surface area contributed by atoms with Crippen LogP contribution in [0.15, 0.2) is 36.4 Å². The van der Waals surface area contributed by atoms with E-state index < -0.39 is 6.04 Å². The van der Waals surface area contributed by atoms with Gasteiger partial charge in [-0.2, -0.15) is 0 Å². The number of imidazole rings is 1. The molecular formula is C21H22Cl2FN3O. The van der Waals surface area contributed by atoms with Crippen molar-refractivity contribution in [3.8, 4) is 0 Å². The molecule has 0 bridgehead atoms. The SMILES string of the molecule is CC(C)CNC(=O)[C@H](C)n1c(Cc2ccccc2F)nc2cc(Cl)c(Cl)cc21. The van der Waals surface area contributed by atoms with Crippen LogP contribution in [0.3, 0.4) is 0 Å². The zero-order valence-corrected chi connectivity index (χ0v) is 17.5. The Morgan fingerprint density at radius 3 is 2.54 bits per heavy atom. The molecule has 0 aliphatic heterocycles. The van der Waals surface area contributed by atoms with Crippen molar-refractivity contribution in [2.45, 2.75) is 33.2 Å². The molecule has 0 unspecified atom stereocenters. The third-order valence-corrected chi connectivity index (χ3v) is 5.28. The first-order valence-electron chi connectivity index (χ1n) is 9.15. The number of hydrogen-bond acceptors (Lipinski definition) is 2. The van der Waals surface area contributed by atoms with E-state index in [4.69, 9.17) is 23.2 Å². The van der Waals surface area contributed by atoms with Gasteiger partial charge in [0.2, 0.25) is 5.91 Å². The normalized spacial score (nSPS) is 12.5. The van der Waals surface area contributed by atoms with Crippen LogP contribution < -0.4 is 5.32 Å². The standard InChI is InChI=1S/C21H22Cl2FN3O/c1-12(2)11-25-21(28)13(3)27-19-10-16(23)15(22)9-18(19)26-20(27)8-14-6-4-5-7-17(14)24/h4-7,9-10,12-13H,8,11H2,1-3H3,(H,25,28)/t13-/m0/s1. The number of aromatic nitrogens is 2. The van der Waals surface area contributed by atoms with E-state index >= 15 is 0 Å². The van der Waals surface area contributed by atoms with Crippen LogP contribution in [0.1, 0.15) is 38.2 Å². The highest BCUT2D eigenvalue weighted by molar-refractivity contribution is 6.42. The third-order valence-electron chi connectivity index (χ3n) is 4.56. The van der Waals surface area contributed by atoms with Gasteiger partial charge in [-0.3, -0.25) is 4.79 Å². The number of nitrogens with one attached hydrogen (secondary N) is 1. The highest BCUT2D eigenvalue weighted by Gasteiger charge is 2.23. The minimum atomic E-state index is -0.539. The molecule has 0 fully saturated rings. The van der Waals surface area contributed by atoms with Crippen LogP contribution in [0.2, 0.25) is 10.0 Å². The van der Waals surface area contributed by atoms with Gasteiger partial charge in [0, 0.05) is 13.0 Å². The van der Waals surface area contributed by atoms with Crippen molar-refractivity contribution >= 4 is 40.1 Å². The summed E-state index contributed by atoms with van der Waals surface area (Å²) >= 11 is 12.3. The average Bonchev–Trinajstić information content (AvgIpc) is 2.98. The van der Waals surface area contributed by atoms with Crippen molar-refractivity contribution < 1.29 is 9.18 Å². The molecule has 1 amide bonds. The van der Waals surface area contributed by atoms with Crippen LogP contribution in [0.5, 0.6) is 0 Å². The molecule has 0 spiro atoms. The molecule has 1 aromatic heterocycles. The summed E-state index contributed by atoms with van der Waals surface area (Å²) < 4.78 is 16.0. The van der Waals surface area contributed by atoms with Gasteiger partial charge in [0.05, 0.1) is 21.1 Å². The Labute approximate surface area is 173 Å². The topological polar surface area (TPSA) is 46.9 Å². The Bertz CT molecular complexity index is 1020. The van der Waals surface area contributed by atoms with Gasteiger partial charge in [-0.1, -0.05) is 55.2 Å². The molecule has 0 saturated carbocycles. The summed E-state index contributed by atoms with van der Waals surface area (Å²) in [6.45, 7) is 6.43. The second kappa shape index (κ2) is 8.50. The second-order valence-corrected chi connectivity index (χ2v) is 8.05. The van der Waals surface area contributed by atoms with Crippen molar-refractivity contribution in [3.05, 3.63) is 63.6 Å². The molecule has 4 nitrogen and oxygen atoms in total. The lowest BCUT2D eigenvalue weighted by Crippen LogP contribution is -2.34. The predicted octanol–water partition coefficient (Wildman–Crippen LogP) is 5.41. The van der Waals surface area contributed by atoms with Gasteiger partial charge >= 0.3 is 0 Å². The van der Waals surface area contributed by atoms with E-state index in [0.717, 1.165) is 0 Å². The fraction of sp³-hybridized carbons (Fsp3) is 0.333. The molecular weight excluding hydrogens is 400 g/mol. The zero-order valence-electron chi connectivity index (χ0n) is 16.0. The Balaban J connectivity index is 2.08. The Morgan fingerprint density at radius 1 is 1.18 bits per heavy atom. The molecule has 148 valence electrons. The quantitative estimate of drug-likeness (QED) is 0.578. The fourth-order valence-electron chi connectivity index (χ4n) is 3.08. The number of carbonyl (C=O) groups is 1. The molecule has 1 heterocycles. The van der Waals surface area contributed by atoms with Gasteiger partial charge < -0.3 is 9.88 Å². The van der Waals surface area contributed by atoms with Gasteiger partial charge in [-0.05, 0) is 36.6 Å². The monoisotopic (exact) mass is 421 g/mol. The first kappa shape index (κ1) is 20.6. The van der Waals surface area contributed by atoms with E-state index in [1.54, 1.807) is 41.8 Å². The van der Waals surface area contributed by atoms with Crippen LogP contribution >= 0.6 is 23.2 Å². The second-order valence-electron chi connectivity index (χ2n) is 7.24. The van der Waals surface area contributed by atoms with Crippen LogP contribution in [-0.2, 0) is 11.2 Å². The first-order valence-corrected chi connectivity index (χ1v) is 9.90. The van der Waals surface area contributed by atoms with Crippen LogP contribution in [0, 0.1) is 11.7 Å². The lowest BCUT2D eigenvalue weighted by atomic mass is 10.1. The fourth-order valence-corrected chi connectivity index (χ4v) is 3.39. The number of hydrogen-bond donors (Lipinski definition) is 1. The number of halogens is 3. The highest BCUT2D eigenvalue weighted by Crippen LogP contribution is 2.31. The summed E-state index contributed by atoms with van der Waals surface area (Å²) in [6.07, 6.45) is 0.248. The minimum absolute atomic E-state index is 0.131. The molecule has 28 heavy (non-hydrogen) atoms. The van der Waals surface area contributed by atoms with Crippen LogP contribution in [0.25, 0.3) is 11.0 Å². The number of benzene rings is 2. The highest BCUT2D eigenvalue weighted by atomic mass is 35.5. The number of amides is 1. The summed E-state index contributed by atoms with van der Waals surface area (Å²) in [5.74, 6) is 0.468. The van der Waals surface area contributed by atoms with E-state index in [1.807, 2.05) is 13.8 Å². The Morgan fingerprint density at radius 2 is 1.86 bits per heavy atom. The first-order chi connectivity index (χ1) is 13.3. The molecule has 0 aliphatic rings. The average molecular weight is 422 g/mol. The lowest BCUT2D eigenvalue weighted by molar-refractivity contribution is -0.124. The summed E-state index contributed by atoms with van der Waals surface area (Å²) in [6, 6.07) is 9.36. The van der Waals surface area contributed by atoms with E-state index in [9.17, 15) is 9.18 Å². The van der Waals surface area contributed by atoms with Gasteiger partial charge in [0.1, 0.15) is 17.7 Å². The Kier molecular flexibility index (Phi) is 6.26. The molecule has 1 N–H and O–H groups in total. The maximum absolute atomic E-state index is 14.2. The maximum atomic E-state index is 14.2. The minimum Gasteiger partial charge on any atom is -0.354 e. The number of rotatable bonds is 6. The smallest absolute Gasteiger partial charge is 0.242 e. The van der Waals surface area contributed by atoms with Crippen LogP contribution in [-0.4, -0.2) is 22.0 Å². The van der Waals surface area contributed by atoms with Crippen molar-refractivity contribution in [2.24, 2.45) is 5.92 Å². The van der Waals surface area contributed by atoms with Gasteiger partial charge in [-0.25, -0.2) is 9.37 Å². The molecule has 0 saturated heterocycles. The summed E-state index contributed by atoms with van der Waals surface area (Å²) in [5, 5.41) is 3.70. The van der Waals surface area contributed by atoms with Crippen molar-refractivity contribution in [1.29, 1.82) is 0 Å². The summed E-state index contributed by atoms with van der Waals surface area (Å²) in [4.78, 5) is 17.3. The summed E-state index contributed by atoms with van der Waals surface area (Å²) in [7, 11) is 0. The molecule has 1 atom stereocenters. The van der Waals surface area contributed by atoms with Crippen molar-refractivity contribution in [3.63, 3.8) is 0 Å². The third kappa shape index (κ3) is 4.31. The number of carbonyl (C=O) groups excluding carboxylic acids is 1. The lowest BCUT2D eigenvalue weighted by Gasteiger charge is -2.18. The molecule has 7 heteroatoms. The van der Waals surface area contributed by atoms with Crippen LogP contribution in [0.4, 0.5) is 4.39 Å². The van der Waals surface area contributed by atoms with E-state index in [-0.39, 0.29) is 18.1 Å². The molecule has 0 radical (unpaired) electrons. The van der Waals surface area contributed by atoms with Gasteiger partial charge in [0.25, 0.3) is 0 Å². The molecule has 2 aromatic carbocycles. The zero-order chi connectivity index (χ0) is 20.4. The summed E-state index contributed by atoms with van der Waals surface area (Å²) in [5.41, 5.74) is 1.81. The van der Waals surface area contributed by atoms with Gasteiger partial charge in [-0.15, -0.1) is 0 Å². The largest absolute Gasteiger partial charge is 0.354 e.